The predicted molar refractivity (Wildman–Crippen MR) is 69.1 cm³/mol. The van der Waals surface area contributed by atoms with Gasteiger partial charge >= 0.3 is 0 Å². The fourth-order valence-electron chi connectivity index (χ4n) is 1.77. The van der Waals surface area contributed by atoms with Gasteiger partial charge in [0.25, 0.3) is 0 Å². The van der Waals surface area contributed by atoms with Crippen LogP contribution in [-0.4, -0.2) is 16.2 Å². The van der Waals surface area contributed by atoms with Crippen LogP contribution in [0.15, 0.2) is 42.6 Å². The lowest BCUT2D eigenvalue weighted by Gasteiger charge is -2.11. The first-order chi connectivity index (χ1) is 8.65. The van der Waals surface area contributed by atoms with Crippen molar-refractivity contribution in [2.45, 2.75) is 18.9 Å². The van der Waals surface area contributed by atoms with Crippen LogP contribution in [0.1, 0.15) is 11.3 Å². The Kier molecular flexibility index (Phi) is 4.28. The van der Waals surface area contributed by atoms with Crippen LogP contribution in [0, 0.1) is 5.82 Å². The molecule has 1 aromatic carbocycles. The molecule has 94 valence electrons. The highest BCUT2D eigenvalue weighted by Gasteiger charge is 2.11. The smallest absolute Gasteiger partial charge is 0.127 e. The van der Waals surface area contributed by atoms with Gasteiger partial charge in [0, 0.05) is 29.8 Å². The molecular weight excluding hydrogens is 253 g/mol. The summed E-state index contributed by atoms with van der Waals surface area (Å²) in [6.07, 6.45) is 1.67. The summed E-state index contributed by atoms with van der Waals surface area (Å²) in [7, 11) is 0. The number of halogens is 2. The number of nitrogens with zero attached hydrogens (tertiary/aromatic N) is 1. The van der Waals surface area contributed by atoms with Crippen molar-refractivity contribution in [2.24, 2.45) is 0 Å². The Bertz CT molecular complexity index is 518. The van der Waals surface area contributed by atoms with E-state index in [1.807, 2.05) is 18.2 Å². The van der Waals surface area contributed by atoms with Crippen LogP contribution in [0.25, 0.3) is 0 Å². The van der Waals surface area contributed by atoms with Crippen LogP contribution in [0.5, 0.6) is 0 Å². The molecule has 1 N–H and O–H groups in total. The standard InChI is InChI=1S/C14H13ClFNO/c15-11-5-4-10(14(16)8-11)7-13(18)9-12-3-1-2-6-17-12/h1-6,8,13,18H,7,9H2. The predicted octanol–water partition coefficient (Wildman–Crippen LogP) is 3.02. The van der Waals surface area contributed by atoms with E-state index < -0.39 is 6.10 Å². The van der Waals surface area contributed by atoms with Crippen molar-refractivity contribution in [2.75, 3.05) is 0 Å². The molecule has 1 aromatic heterocycles. The van der Waals surface area contributed by atoms with Gasteiger partial charge in [0.2, 0.25) is 0 Å². The van der Waals surface area contributed by atoms with Gasteiger partial charge in [-0.2, -0.15) is 0 Å². The summed E-state index contributed by atoms with van der Waals surface area (Å²) in [6.45, 7) is 0. The molecule has 0 spiro atoms. The second-order valence-corrected chi connectivity index (χ2v) is 4.56. The summed E-state index contributed by atoms with van der Waals surface area (Å²) in [4.78, 5) is 4.12. The SMILES string of the molecule is OC(Cc1ccccn1)Cc1ccc(Cl)cc1F. The van der Waals surface area contributed by atoms with E-state index in [0.29, 0.717) is 17.0 Å². The van der Waals surface area contributed by atoms with Gasteiger partial charge < -0.3 is 5.11 Å². The zero-order chi connectivity index (χ0) is 13.0. The molecule has 0 saturated heterocycles. The molecule has 4 heteroatoms. The summed E-state index contributed by atoms with van der Waals surface area (Å²) in [6, 6.07) is 9.98. The van der Waals surface area contributed by atoms with Gasteiger partial charge in [-0.15, -0.1) is 0 Å². The number of hydrogen-bond acceptors (Lipinski definition) is 2. The Balaban J connectivity index is 2.01. The molecule has 1 atom stereocenters. The third-order valence-electron chi connectivity index (χ3n) is 2.64. The first-order valence-electron chi connectivity index (χ1n) is 5.67. The number of rotatable bonds is 4. The van der Waals surface area contributed by atoms with Crippen molar-refractivity contribution in [1.82, 2.24) is 4.98 Å². The topological polar surface area (TPSA) is 33.1 Å². The van der Waals surface area contributed by atoms with E-state index in [1.54, 1.807) is 18.3 Å². The van der Waals surface area contributed by atoms with E-state index in [4.69, 9.17) is 11.6 Å². The molecule has 2 nitrogen and oxygen atoms in total. The van der Waals surface area contributed by atoms with E-state index in [9.17, 15) is 9.50 Å². The molecule has 18 heavy (non-hydrogen) atoms. The van der Waals surface area contributed by atoms with Crippen LogP contribution in [0.2, 0.25) is 5.02 Å². The average Bonchev–Trinajstić information content (AvgIpc) is 2.34. The summed E-state index contributed by atoms with van der Waals surface area (Å²) in [5.41, 5.74) is 1.25. The summed E-state index contributed by atoms with van der Waals surface area (Å²) in [5.74, 6) is -0.387. The maximum atomic E-state index is 13.5. The van der Waals surface area contributed by atoms with Gasteiger partial charge in [0.05, 0.1) is 6.10 Å². The van der Waals surface area contributed by atoms with Crippen molar-refractivity contribution in [3.05, 3.63) is 64.7 Å². The maximum Gasteiger partial charge on any atom is 0.127 e. The molecule has 0 aliphatic rings. The monoisotopic (exact) mass is 265 g/mol. The Hall–Kier alpha value is -1.45. The molecule has 0 aliphatic carbocycles. The molecule has 2 rings (SSSR count). The van der Waals surface area contributed by atoms with Gasteiger partial charge in [-0.1, -0.05) is 23.7 Å². The molecule has 0 saturated carbocycles. The zero-order valence-corrected chi connectivity index (χ0v) is 10.4. The van der Waals surface area contributed by atoms with Crippen LogP contribution in [0.3, 0.4) is 0 Å². The van der Waals surface area contributed by atoms with Crippen LogP contribution in [0.4, 0.5) is 4.39 Å². The zero-order valence-electron chi connectivity index (χ0n) is 9.68. The average molecular weight is 266 g/mol. The number of aromatic nitrogens is 1. The van der Waals surface area contributed by atoms with Crippen molar-refractivity contribution >= 4 is 11.6 Å². The number of benzene rings is 1. The van der Waals surface area contributed by atoms with Gasteiger partial charge in [-0.05, 0) is 29.8 Å². The van der Waals surface area contributed by atoms with E-state index in [1.165, 1.54) is 6.07 Å². The van der Waals surface area contributed by atoms with Crippen molar-refractivity contribution < 1.29 is 9.50 Å². The van der Waals surface area contributed by atoms with Gasteiger partial charge in [0.15, 0.2) is 0 Å². The molecule has 0 fully saturated rings. The number of hydrogen-bond donors (Lipinski definition) is 1. The molecule has 1 unspecified atom stereocenters. The minimum atomic E-state index is -0.657. The number of aliphatic hydroxyl groups is 1. The van der Waals surface area contributed by atoms with Crippen LogP contribution in [-0.2, 0) is 12.8 Å². The van der Waals surface area contributed by atoms with Crippen LogP contribution < -0.4 is 0 Å². The maximum absolute atomic E-state index is 13.5. The summed E-state index contributed by atoms with van der Waals surface area (Å²) < 4.78 is 13.5. The summed E-state index contributed by atoms with van der Waals surface area (Å²) >= 11 is 5.67. The van der Waals surface area contributed by atoms with E-state index in [0.717, 1.165) is 5.69 Å². The Labute approximate surface area is 110 Å². The highest BCUT2D eigenvalue weighted by molar-refractivity contribution is 6.30. The molecule has 1 heterocycles. The van der Waals surface area contributed by atoms with E-state index in [2.05, 4.69) is 4.98 Å². The third kappa shape index (κ3) is 3.52. The highest BCUT2D eigenvalue weighted by atomic mass is 35.5. The molecule has 0 amide bonds. The molecule has 2 aromatic rings. The van der Waals surface area contributed by atoms with Crippen molar-refractivity contribution in [3.63, 3.8) is 0 Å². The molecule has 0 bridgehead atoms. The van der Waals surface area contributed by atoms with Gasteiger partial charge in [-0.3, -0.25) is 4.98 Å². The second-order valence-electron chi connectivity index (χ2n) is 4.12. The first kappa shape index (κ1) is 13.0. The Morgan fingerprint density at radius 3 is 2.72 bits per heavy atom. The fourth-order valence-corrected chi connectivity index (χ4v) is 1.93. The Morgan fingerprint density at radius 2 is 2.06 bits per heavy atom. The number of pyridine rings is 1. The largest absolute Gasteiger partial charge is 0.392 e. The lowest BCUT2D eigenvalue weighted by atomic mass is 10.0. The molecule has 0 aliphatic heterocycles. The summed E-state index contributed by atoms with van der Waals surface area (Å²) in [5, 5.41) is 10.3. The third-order valence-corrected chi connectivity index (χ3v) is 2.88. The molecular formula is C14H13ClFNO. The van der Waals surface area contributed by atoms with Crippen molar-refractivity contribution in [3.8, 4) is 0 Å². The van der Waals surface area contributed by atoms with Crippen molar-refractivity contribution in [1.29, 1.82) is 0 Å². The minimum Gasteiger partial charge on any atom is -0.392 e. The molecule has 0 radical (unpaired) electrons. The lowest BCUT2D eigenvalue weighted by Crippen LogP contribution is -2.15. The quantitative estimate of drug-likeness (QED) is 0.922. The van der Waals surface area contributed by atoms with Gasteiger partial charge in [-0.25, -0.2) is 4.39 Å². The van der Waals surface area contributed by atoms with Gasteiger partial charge in [0.1, 0.15) is 5.82 Å². The lowest BCUT2D eigenvalue weighted by molar-refractivity contribution is 0.173. The van der Waals surface area contributed by atoms with E-state index in [-0.39, 0.29) is 12.2 Å². The van der Waals surface area contributed by atoms with E-state index >= 15 is 0 Å². The normalized spacial score (nSPS) is 12.4. The first-order valence-corrected chi connectivity index (χ1v) is 6.05. The highest BCUT2D eigenvalue weighted by Crippen LogP contribution is 2.16. The fraction of sp³-hybridized carbons (Fsp3) is 0.214. The Morgan fingerprint density at radius 1 is 1.22 bits per heavy atom. The second kappa shape index (κ2) is 5.94. The minimum absolute atomic E-state index is 0.250. The van der Waals surface area contributed by atoms with Crippen LogP contribution >= 0.6 is 11.6 Å². The number of aliphatic hydroxyl groups excluding tert-OH is 1.